The van der Waals surface area contributed by atoms with Crippen LogP contribution in [0.1, 0.15) is 25.5 Å². The number of hydrogen-bond acceptors (Lipinski definition) is 2. The van der Waals surface area contributed by atoms with Crippen molar-refractivity contribution in [2.45, 2.75) is 26.2 Å². The van der Waals surface area contributed by atoms with Gasteiger partial charge in [-0.2, -0.15) is 11.3 Å². The Balaban J connectivity index is 2.19. The van der Waals surface area contributed by atoms with Crippen molar-refractivity contribution in [2.75, 3.05) is 0 Å². The molecule has 0 spiro atoms. The SMILES string of the molecule is CCCCc1cc(-c2ccsc2)c[c]n1. The molecule has 0 aliphatic carbocycles. The molecule has 0 aliphatic rings. The number of aryl methyl sites for hydroxylation is 1. The van der Waals surface area contributed by atoms with Crippen molar-refractivity contribution < 1.29 is 0 Å². The Labute approximate surface area is 94.8 Å². The largest absolute Gasteiger partial charge is 0.251 e. The first-order chi connectivity index (χ1) is 7.40. The number of aromatic nitrogens is 1. The summed E-state index contributed by atoms with van der Waals surface area (Å²) < 4.78 is 0. The maximum Gasteiger partial charge on any atom is 0.0895 e. The third-order valence-corrected chi connectivity index (χ3v) is 3.07. The van der Waals surface area contributed by atoms with Crippen LogP contribution in [-0.2, 0) is 6.42 Å². The molecule has 1 radical (unpaired) electrons. The highest BCUT2D eigenvalue weighted by Crippen LogP contribution is 2.22. The van der Waals surface area contributed by atoms with Gasteiger partial charge in [0.1, 0.15) is 0 Å². The number of hydrogen-bond donors (Lipinski definition) is 0. The second-order valence-electron chi connectivity index (χ2n) is 3.59. The summed E-state index contributed by atoms with van der Waals surface area (Å²) in [5, 5.41) is 4.26. The van der Waals surface area contributed by atoms with Crippen LogP contribution < -0.4 is 0 Å². The molecule has 0 amide bonds. The van der Waals surface area contributed by atoms with E-state index in [0.717, 1.165) is 12.1 Å². The Morgan fingerprint density at radius 3 is 3.07 bits per heavy atom. The fraction of sp³-hybridized carbons (Fsp3) is 0.308. The molecule has 0 aromatic carbocycles. The minimum absolute atomic E-state index is 1.06. The lowest BCUT2D eigenvalue weighted by atomic mass is 10.1. The van der Waals surface area contributed by atoms with Crippen LogP contribution in [0.4, 0.5) is 0 Å². The Morgan fingerprint density at radius 2 is 2.33 bits per heavy atom. The molecule has 2 heteroatoms. The molecule has 0 aliphatic heterocycles. The zero-order valence-electron chi connectivity index (χ0n) is 8.86. The molecule has 2 heterocycles. The Hall–Kier alpha value is -1.15. The van der Waals surface area contributed by atoms with Gasteiger partial charge < -0.3 is 0 Å². The highest BCUT2D eigenvalue weighted by molar-refractivity contribution is 7.08. The summed E-state index contributed by atoms with van der Waals surface area (Å²) in [5.41, 5.74) is 3.66. The predicted molar refractivity (Wildman–Crippen MR) is 65.0 cm³/mol. The lowest BCUT2D eigenvalue weighted by Gasteiger charge is -2.01. The summed E-state index contributed by atoms with van der Waals surface area (Å²) in [7, 11) is 0. The summed E-state index contributed by atoms with van der Waals surface area (Å²) >= 11 is 1.72. The van der Waals surface area contributed by atoms with Crippen LogP contribution in [0.5, 0.6) is 0 Å². The van der Waals surface area contributed by atoms with Crippen molar-refractivity contribution in [1.82, 2.24) is 4.98 Å². The highest BCUT2D eigenvalue weighted by Gasteiger charge is 2.00. The predicted octanol–water partition coefficient (Wildman–Crippen LogP) is 3.95. The van der Waals surface area contributed by atoms with E-state index in [4.69, 9.17) is 0 Å². The maximum absolute atomic E-state index is 4.27. The standard InChI is InChI=1S/C13H14NS/c1-2-3-4-13-9-11(5-7-14-13)12-6-8-15-10-12/h5-6,8-10H,2-4H2,1H3. The molecule has 0 atom stereocenters. The average molecular weight is 216 g/mol. The van der Waals surface area contributed by atoms with Gasteiger partial charge in [-0.3, -0.25) is 4.98 Å². The van der Waals surface area contributed by atoms with E-state index >= 15 is 0 Å². The summed E-state index contributed by atoms with van der Waals surface area (Å²) in [6.45, 7) is 2.20. The van der Waals surface area contributed by atoms with Crippen LogP contribution >= 0.6 is 11.3 Å². The van der Waals surface area contributed by atoms with Crippen LogP contribution in [0.25, 0.3) is 11.1 Å². The van der Waals surface area contributed by atoms with Gasteiger partial charge in [-0.1, -0.05) is 13.3 Å². The van der Waals surface area contributed by atoms with E-state index in [0.29, 0.717) is 0 Å². The Kier molecular flexibility index (Phi) is 3.51. The first kappa shape index (κ1) is 10.4. The summed E-state index contributed by atoms with van der Waals surface area (Å²) in [4.78, 5) is 4.27. The number of thiophene rings is 1. The molecule has 0 unspecified atom stereocenters. The minimum Gasteiger partial charge on any atom is -0.251 e. The molecule has 77 valence electrons. The molecule has 0 bridgehead atoms. The van der Waals surface area contributed by atoms with E-state index in [9.17, 15) is 0 Å². The molecule has 0 fully saturated rings. The minimum atomic E-state index is 1.06. The van der Waals surface area contributed by atoms with Crippen LogP contribution in [0.2, 0.25) is 0 Å². The van der Waals surface area contributed by atoms with E-state index < -0.39 is 0 Å². The molecular formula is C13H14NS. The number of nitrogens with zero attached hydrogens (tertiary/aromatic N) is 1. The monoisotopic (exact) mass is 216 g/mol. The van der Waals surface area contributed by atoms with Gasteiger partial charge in [0, 0.05) is 5.69 Å². The van der Waals surface area contributed by atoms with E-state index in [1.165, 1.54) is 24.0 Å². The summed E-state index contributed by atoms with van der Waals surface area (Å²) in [6.07, 6.45) is 6.46. The third kappa shape index (κ3) is 2.66. The topological polar surface area (TPSA) is 12.9 Å². The van der Waals surface area contributed by atoms with Crippen molar-refractivity contribution in [3.63, 3.8) is 0 Å². The van der Waals surface area contributed by atoms with Crippen LogP contribution in [0, 0.1) is 6.20 Å². The zero-order valence-corrected chi connectivity index (χ0v) is 9.68. The molecule has 0 saturated heterocycles. The van der Waals surface area contributed by atoms with E-state index in [1.807, 2.05) is 6.07 Å². The van der Waals surface area contributed by atoms with Gasteiger partial charge in [-0.25, -0.2) is 0 Å². The summed E-state index contributed by atoms with van der Waals surface area (Å²) in [6, 6.07) is 6.27. The van der Waals surface area contributed by atoms with Gasteiger partial charge in [0.25, 0.3) is 0 Å². The number of rotatable bonds is 4. The molecule has 0 N–H and O–H groups in total. The average Bonchev–Trinajstić information content (AvgIpc) is 2.80. The first-order valence-corrected chi connectivity index (χ1v) is 6.24. The van der Waals surface area contributed by atoms with Gasteiger partial charge in [0.15, 0.2) is 0 Å². The molecular weight excluding hydrogens is 202 g/mol. The van der Waals surface area contributed by atoms with Crippen molar-refractivity contribution >= 4 is 11.3 Å². The molecule has 2 aromatic rings. The fourth-order valence-corrected chi connectivity index (χ4v) is 2.18. The normalized spacial score (nSPS) is 10.5. The smallest absolute Gasteiger partial charge is 0.0895 e. The van der Waals surface area contributed by atoms with E-state index in [2.05, 4.69) is 41.0 Å². The number of pyridine rings is 1. The highest BCUT2D eigenvalue weighted by atomic mass is 32.1. The molecule has 0 saturated carbocycles. The van der Waals surface area contributed by atoms with E-state index in [-0.39, 0.29) is 0 Å². The third-order valence-electron chi connectivity index (χ3n) is 2.39. The first-order valence-electron chi connectivity index (χ1n) is 5.29. The van der Waals surface area contributed by atoms with Gasteiger partial charge in [-0.15, -0.1) is 0 Å². The molecule has 15 heavy (non-hydrogen) atoms. The second-order valence-corrected chi connectivity index (χ2v) is 4.37. The van der Waals surface area contributed by atoms with Crippen molar-refractivity contribution in [3.05, 3.63) is 40.8 Å². The van der Waals surface area contributed by atoms with Crippen LogP contribution in [-0.4, -0.2) is 4.98 Å². The van der Waals surface area contributed by atoms with Crippen LogP contribution in [0.15, 0.2) is 29.0 Å². The van der Waals surface area contributed by atoms with Crippen LogP contribution in [0.3, 0.4) is 0 Å². The summed E-state index contributed by atoms with van der Waals surface area (Å²) in [5.74, 6) is 0. The van der Waals surface area contributed by atoms with Crippen molar-refractivity contribution in [1.29, 1.82) is 0 Å². The van der Waals surface area contributed by atoms with Gasteiger partial charge in [0.2, 0.25) is 0 Å². The zero-order chi connectivity index (χ0) is 10.5. The Bertz CT molecular complexity index is 406. The van der Waals surface area contributed by atoms with Crippen molar-refractivity contribution in [2.24, 2.45) is 0 Å². The lowest BCUT2D eigenvalue weighted by Crippen LogP contribution is -1.90. The van der Waals surface area contributed by atoms with Gasteiger partial charge >= 0.3 is 0 Å². The fourth-order valence-electron chi connectivity index (χ4n) is 1.52. The van der Waals surface area contributed by atoms with E-state index in [1.54, 1.807) is 11.3 Å². The van der Waals surface area contributed by atoms with Crippen molar-refractivity contribution in [3.8, 4) is 11.1 Å². The lowest BCUT2D eigenvalue weighted by molar-refractivity contribution is 0.776. The Morgan fingerprint density at radius 1 is 1.40 bits per heavy atom. The van der Waals surface area contributed by atoms with Gasteiger partial charge in [-0.05, 0) is 52.9 Å². The second kappa shape index (κ2) is 5.08. The molecule has 2 rings (SSSR count). The molecule has 2 aromatic heterocycles. The quantitative estimate of drug-likeness (QED) is 0.754. The number of unbranched alkanes of at least 4 members (excludes halogenated alkanes) is 1. The molecule has 1 nitrogen and oxygen atoms in total. The maximum atomic E-state index is 4.27. The van der Waals surface area contributed by atoms with Gasteiger partial charge in [0.05, 0.1) is 6.20 Å².